The van der Waals surface area contributed by atoms with Gasteiger partial charge < -0.3 is 4.57 Å². The highest BCUT2D eigenvalue weighted by Crippen LogP contribution is 2.51. The van der Waals surface area contributed by atoms with E-state index in [2.05, 4.69) is 77.4 Å². The first-order valence-corrected chi connectivity index (χ1v) is 9.35. The summed E-state index contributed by atoms with van der Waals surface area (Å²) in [4.78, 5) is 4.19. The molecule has 1 aromatic heterocycles. The third-order valence-corrected chi connectivity index (χ3v) is 7.61. The van der Waals surface area contributed by atoms with Crippen LogP contribution in [0.25, 0.3) is 0 Å². The number of rotatable bonds is 5. The molecule has 1 saturated heterocycles. The van der Waals surface area contributed by atoms with Gasteiger partial charge in [-0.1, -0.05) is 36.8 Å². The molecular formula is C17H22N2S2. The Balaban J connectivity index is 1.69. The van der Waals surface area contributed by atoms with Crippen LogP contribution >= 0.6 is 23.5 Å². The molecular weight excluding hydrogens is 296 g/mol. The molecule has 2 aromatic rings. The summed E-state index contributed by atoms with van der Waals surface area (Å²) in [6, 6.07) is 8.98. The van der Waals surface area contributed by atoms with Crippen molar-refractivity contribution < 1.29 is 0 Å². The lowest BCUT2D eigenvalue weighted by Crippen LogP contribution is -2.25. The molecule has 1 aliphatic rings. The minimum Gasteiger partial charge on any atom is -0.335 e. The molecule has 3 rings (SSSR count). The van der Waals surface area contributed by atoms with Crippen molar-refractivity contribution in [2.75, 3.05) is 5.75 Å². The lowest BCUT2D eigenvalue weighted by atomic mass is 10.1. The molecule has 4 heteroatoms. The van der Waals surface area contributed by atoms with Crippen LogP contribution in [0.5, 0.6) is 0 Å². The number of thioether (sulfide) groups is 2. The molecule has 0 radical (unpaired) electrons. The Hall–Kier alpha value is -0.870. The maximum atomic E-state index is 4.19. The van der Waals surface area contributed by atoms with E-state index in [1.54, 1.807) is 0 Å². The zero-order chi connectivity index (χ0) is 14.7. The van der Waals surface area contributed by atoms with E-state index in [9.17, 15) is 0 Å². The van der Waals surface area contributed by atoms with Gasteiger partial charge in [-0.25, -0.2) is 4.98 Å². The van der Waals surface area contributed by atoms with Crippen LogP contribution in [-0.2, 0) is 13.0 Å². The van der Waals surface area contributed by atoms with E-state index in [0.29, 0.717) is 4.08 Å². The highest BCUT2D eigenvalue weighted by Gasteiger charge is 2.39. The van der Waals surface area contributed by atoms with Crippen molar-refractivity contribution in [2.24, 2.45) is 0 Å². The zero-order valence-corrected chi connectivity index (χ0v) is 14.3. The predicted molar refractivity (Wildman–Crippen MR) is 94.0 cm³/mol. The summed E-state index contributed by atoms with van der Waals surface area (Å²) in [5.41, 5.74) is 2.79. The van der Waals surface area contributed by atoms with E-state index in [1.165, 1.54) is 23.3 Å². The minimum absolute atomic E-state index is 0.297. The van der Waals surface area contributed by atoms with Crippen LogP contribution in [0.4, 0.5) is 0 Å². The zero-order valence-electron chi connectivity index (χ0n) is 12.7. The van der Waals surface area contributed by atoms with Crippen molar-refractivity contribution in [1.82, 2.24) is 9.55 Å². The first kappa shape index (κ1) is 15.0. The lowest BCUT2D eigenvalue weighted by molar-refractivity contribution is 0.592. The van der Waals surface area contributed by atoms with E-state index in [1.807, 2.05) is 12.5 Å². The number of benzene rings is 1. The van der Waals surface area contributed by atoms with E-state index < -0.39 is 0 Å². The predicted octanol–water partition coefficient (Wildman–Crippen LogP) is 4.39. The minimum atomic E-state index is 0.297. The molecule has 112 valence electrons. The third-order valence-electron chi connectivity index (χ3n) is 3.89. The molecule has 2 atom stereocenters. The van der Waals surface area contributed by atoms with Gasteiger partial charge in [0.2, 0.25) is 0 Å². The molecule has 1 aromatic carbocycles. The number of nitrogens with zero attached hydrogens (tertiary/aromatic N) is 2. The smallest absolute Gasteiger partial charge is 0.0946 e. The van der Waals surface area contributed by atoms with Crippen LogP contribution in [0.1, 0.15) is 24.5 Å². The molecule has 21 heavy (non-hydrogen) atoms. The molecule has 1 fully saturated rings. The quantitative estimate of drug-likeness (QED) is 0.814. The second kappa shape index (κ2) is 6.49. The van der Waals surface area contributed by atoms with E-state index in [4.69, 9.17) is 0 Å². The van der Waals surface area contributed by atoms with Crippen molar-refractivity contribution in [3.63, 3.8) is 0 Å². The Kier molecular flexibility index (Phi) is 4.65. The third kappa shape index (κ3) is 3.86. The Morgan fingerprint density at radius 3 is 2.76 bits per heavy atom. The van der Waals surface area contributed by atoms with Crippen LogP contribution in [0, 0.1) is 6.92 Å². The SMILES string of the molecule is Cc1ccc(CCC2(Cn3ccnc3)SCC(C)S2)cc1. The summed E-state index contributed by atoms with van der Waals surface area (Å²) < 4.78 is 2.53. The Morgan fingerprint density at radius 2 is 2.14 bits per heavy atom. The van der Waals surface area contributed by atoms with Gasteiger partial charge in [0.15, 0.2) is 0 Å². The molecule has 2 heterocycles. The maximum Gasteiger partial charge on any atom is 0.0946 e. The number of aryl methyl sites for hydroxylation is 2. The van der Waals surface area contributed by atoms with Crippen molar-refractivity contribution >= 4 is 23.5 Å². The standard InChI is InChI=1S/C17H22N2S2/c1-14-3-5-16(6-4-14)7-8-17(20-11-15(2)21-17)12-19-10-9-18-13-19/h3-6,9-10,13,15H,7-8,11-12H2,1-2H3. The molecule has 0 aliphatic carbocycles. The molecule has 2 unspecified atom stereocenters. The average molecular weight is 319 g/mol. The van der Waals surface area contributed by atoms with E-state index in [-0.39, 0.29) is 0 Å². The van der Waals surface area contributed by atoms with Gasteiger partial charge in [0.1, 0.15) is 0 Å². The normalized spacial score (nSPS) is 25.3. The van der Waals surface area contributed by atoms with Crippen molar-refractivity contribution in [3.05, 3.63) is 54.1 Å². The summed E-state index contributed by atoms with van der Waals surface area (Å²) in [7, 11) is 0. The molecule has 2 nitrogen and oxygen atoms in total. The summed E-state index contributed by atoms with van der Waals surface area (Å²) in [6.07, 6.45) is 8.27. The molecule has 0 saturated carbocycles. The van der Waals surface area contributed by atoms with Crippen LogP contribution < -0.4 is 0 Å². The maximum absolute atomic E-state index is 4.19. The molecule has 0 N–H and O–H groups in total. The van der Waals surface area contributed by atoms with Crippen molar-refractivity contribution in [3.8, 4) is 0 Å². The van der Waals surface area contributed by atoms with Gasteiger partial charge in [0.05, 0.1) is 10.4 Å². The van der Waals surface area contributed by atoms with Crippen LogP contribution in [0.15, 0.2) is 43.0 Å². The fourth-order valence-corrected chi connectivity index (χ4v) is 6.39. The molecule has 0 bridgehead atoms. The number of imidazole rings is 1. The van der Waals surface area contributed by atoms with Gasteiger partial charge in [-0.3, -0.25) is 0 Å². The summed E-state index contributed by atoms with van der Waals surface area (Å²) in [5.74, 6) is 1.26. The average Bonchev–Trinajstić information content (AvgIpc) is 3.09. The highest BCUT2D eigenvalue weighted by molar-refractivity contribution is 8.21. The van der Waals surface area contributed by atoms with Crippen LogP contribution in [-0.4, -0.2) is 24.6 Å². The van der Waals surface area contributed by atoms with Crippen molar-refractivity contribution in [2.45, 2.75) is 42.6 Å². The Labute approximate surface area is 135 Å². The van der Waals surface area contributed by atoms with Gasteiger partial charge in [0, 0.05) is 29.9 Å². The first-order chi connectivity index (χ1) is 10.2. The summed E-state index contributed by atoms with van der Waals surface area (Å²) >= 11 is 4.28. The lowest BCUT2D eigenvalue weighted by Gasteiger charge is -2.28. The van der Waals surface area contributed by atoms with Gasteiger partial charge in [-0.15, -0.1) is 23.5 Å². The Morgan fingerprint density at radius 1 is 1.33 bits per heavy atom. The number of hydrogen-bond acceptors (Lipinski definition) is 3. The summed E-state index contributed by atoms with van der Waals surface area (Å²) in [5, 5.41) is 0.747. The first-order valence-electron chi connectivity index (χ1n) is 7.48. The van der Waals surface area contributed by atoms with Gasteiger partial charge >= 0.3 is 0 Å². The molecule has 0 amide bonds. The van der Waals surface area contributed by atoms with Gasteiger partial charge in [-0.05, 0) is 25.3 Å². The van der Waals surface area contributed by atoms with Crippen LogP contribution in [0.3, 0.4) is 0 Å². The fraction of sp³-hybridized carbons (Fsp3) is 0.471. The molecule has 1 aliphatic heterocycles. The Bertz CT molecular complexity index is 565. The topological polar surface area (TPSA) is 17.8 Å². The van der Waals surface area contributed by atoms with Gasteiger partial charge in [0.25, 0.3) is 0 Å². The monoisotopic (exact) mass is 318 g/mol. The van der Waals surface area contributed by atoms with Crippen LogP contribution in [0.2, 0.25) is 0 Å². The van der Waals surface area contributed by atoms with Gasteiger partial charge in [-0.2, -0.15) is 0 Å². The second-order valence-corrected chi connectivity index (χ2v) is 9.35. The summed E-state index contributed by atoms with van der Waals surface area (Å²) in [6.45, 7) is 5.55. The number of aromatic nitrogens is 2. The van der Waals surface area contributed by atoms with E-state index in [0.717, 1.165) is 18.2 Å². The molecule has 0 spiro atoms. The second-order valence-electron chi connectivity index (χ2n) is 5.87. The van der Waals surface area contributed by atoms with Crippen molar-refractivity contribution in [1.29, 1.82) is 0 Å². The largest absolute Gasteiger partial charge is 0.335 e. The highest BCUT2D eigenvalue weighted by atomic mass is 32.2. The fourth-order valence-electron chi connectivity index (χ4n) is 2.74. The number of hydrogen-bond donors (Lipinski definition) is 0. The van der Waals surface area contributed by atoms with E-state index >= 15 is 0 Å².